The lowest BCUT2D eigenvalue weighted by atomic mass is 28.0. The molecule has 0 aliphatic carbocycles. The van der Waals surface area contributed by atoms with E-state index in [-0.39, 0.29) is 34.0 Å². The highest BCUT2D eigenvalue weighted by molar-refractivity contribution is 8.93. The highest BCUT2D eigenvalue weighted by Crippen LogP contribution is 1.01. The summed E-state index contributed by atoms with van der Waals surface area (Å²) in [4.78, 5) is 0. The second kappa shape index (κ2) is 26.0. The van der Waals surface area contributed by atoms with Crippen molar-refractivity contribution in [1.29, 1.82) is 0 Å². The summed E-state index contributed by atoms with van der Waals surface area (Å²) >= 11 is 4.11. The van der Waals surface area contributed by atoms with Crippen LogP contribution >= 0.6 is 45.6 Å². The zero-order valence-electron chi connectivity index (χ0n) is 1.93. The van der Waals surface area contributed by atoms with Gasteiger partial charge in [0.15, 0.2) is 0 Å². The SMILES string of the molecule is Br.Br.[SiH2]=S. The molecule has 4 heavy (non-hydrogen) atoms. The maximum atomic E-state index is 4.11. The largest absolute Gasteiger partial charge is 0.147 e. The molecule has 0 nitrogen and oxygen atoms in total. The third kappa shape index (κ3) is 10.0. The van der Waals surface area contributed by atoms with Crippen molar-refractivity contribution in [3.8, 4) is 0 Å². The fraction of sp³-hybridized carbons (Fsp3) is 0. The maximum absolute atomic E-state index is 4.11. The van der Waals surface area contributed by atoms with E-state index in [0.29, 0.717) is 0 Å². The Hall–Kier alpha value is 1.40. The van der Waals surface area contributed by atoms with Gasteiger partial charge in [-0.1, -0.05) is 0 Å². The van der Waals surface area contributed by atoms with Gasteiger partial charge in [-0.2, -0.15) is 0 Å². The van der Waals surface area contributed by atoms with Crippen molar-refractivity contribution in [3.05, 3.63) is 0 Å². The molecule has 0 rings (SSSR count). The van der Waals surface area contributed by atoms with Crippen LogP contribution in [0, 0.1) is 0 Å². The summed E-state index contributed by atoms with van der Waals surface area (Å²) in [7, 11) is 1.44. The molecule has 0 aromatic rings. The number of rotatable bonds is 0. The fourth-order valence-electron chi connectivity index (χ4n) is 0. The van der Waals surface area contributed by atoms with E-state index in [1.165, 1.54) is 8.95 Å². The molecule has 0 atom stereocenters. The van der Waals surface area contributed by atoms with E-state index in [4.69, 9.17) is 0 Å². The molecule has 0 aromatic heterocycles. The van der Waals surface area contributed by atoms with E-state index in [9.17, 15) is 0 Å². The first-order valence-corrected chi connectivity index (χ1v) is 2.60. The van der Waals surface area contributed by atoms with Crippen molar-refractivity contribution in [2.75, 3.05) is 0 Å². The molecule has 0 spiro atoms. The lowest BCUT2D eigenvalue weighted by Crippen LogP contribution is -0.741. The van der Waals surface area contributed by atoms with Crippen molar-refractivity contribution < 1.29 is 0 Å². The molecule has 0 N–H and O–H groups in total. The molecule has 28 valence electrons. The Labute approximate surface area is 54.5 Å². The Morgan fingerprint density at radius 1 is 1.00 bits per heavy atom. The van der Waals surface area contributed by atoms with Crippen LogP contribution in [0.15, 0.2) is 0 Å². The monoisotopic (exact) mass is 222 g/mol. The van der Waals surface area contributed by atoms with Crippen molar-refractivity contribution >= 4 is 54.5 Å². The lowest BCUT2D eigenvalue weighted by Gasteiger charge is -0.758. The van der Waals surface area contributed by atoms with Crippen LogP contribution in [-0.2, 0) is 0 Å². The molecule has 0 heterocycles. The van der Waals surface area contributed by atoms with E-state index >= 15 is 0 Å². The Morgan fingerprint density at radius 3 is 1.00 bits per heavy atom. The second-order valence-electron chi connectivity index (χ2n) is 0. The molecule has 0 saturated carbocycles. The zero-order valence-corrected chi connectivity index (χ0v) is 7.59. The van der Waals surface area contributed by atoms with Crippen molar-refractivity contribution in [2.24, 2.45) is 0 Å². The highest BCUT2D eigenvalue weighted by Gasteiger charge is 0.672. The summed E-state index contributed by atoms with van der Waals surface area (Å²) in [6.07, 6.45) is 0. The van der Waals surface area contributed by atoms with Crippen LogP contribution in [0.4, 0.5) is 0 Å². The van der Waals surface area contributed by atoms with Gasteiger partial charge in [0.2, 0.25) is 0 Å². The third-order valence-corrected chi connectivity index (χ3v) is 0. The van der Waals surface area contributed by atoms with Crippen LogP contribution in [0.2, 0.25) is 0 Å². The van der Waals surface area contributed by atoms with Crippen molar-refractivity contribution in [2.45, 2.75) is 0 Å². The predicted molar refractivity (Wildman–Crippen MR) is 36.8 cm³/mol. The molecular formula is H4Br2SSi. The molecule has 0 saturated heterocycles. The minimum absolute atomic E-state index is 0. The molecule has 0 aliphatic heterocycles. The maximum Gasteiger partial charge on any atom is 0.0612 e. The molecule has 0 amide bonds. The topological polar surface area (TPSA) is 0 Å². The van der Waals surface area contributed by atoms with Gasteiger partial charge >= 0.3 is 0 Å². The van der Waals surface area contributed by atoms with E-state index < -0.39 is 0 Å². The van der Waals surface area contributed by atoms with Gasteiger partial charge in [-0.25, -0.2) is 0 Å². The van der Waals surface area contributed by atoms with Crippen LogP contribution in [-0.4, -0.2) is 8.95 Å². The van der Waals surface area contributed by atoms with Gasteiger partial charge in [0.05, 0.1) is 8.95 Å². The van der Waals surface area contributed by atoms with Gasteiger partial charge in [-0.15, -0.1) is 45.6 Å². The Bertz CT molecular complexity index is 6.00. The normalized spacial score (nSPS) is 1.00. The quantitative estimate of drug-likeness (QED) is 0.550. The number of hydrogen-bond acceptors (Lipinski definition) is 1. The smallest absolute Gasteiger partial charge is 0.0612 e. The number of halogens is 2. The molecule has 0 radical (unpaired) electrons. The minimum atomic E-state index is 0. The van der Waals surface area contributed by atoms with E-state index in [2.05, 4.69) is 11.6 Å². The summed E-state index contributed by atoms with van der Waals surface area (Å²) in [5.41, 5.74) is 0. The van der Waals surface area contributed by atoms with Gasteiger partial charge in [-0.05, 0) is 0 Å². The lowest BCUT2D eigenvalue weighted by molar-refractivity contribution is 5.51. The van der Waals surface area contributed by atoms with Crippen molar-refractivity contribution in [1.82, 2.24) is 0 Å². The first kappa shape index (κ1) is 18.2. The summed E-state index contributed by atoms with van der Waals surface area (Å²) in [6, 6.07) is 0. The summed E-state index contributed by atoms with van der Waals surface area (Å²) < 4.78 is 0. The fourth-order valence-corrected chi connectivity index (χ4v) is 0. The third-order valence-electron chi connectivity index (χ3n) is 0. The minimum Gasteiger partial charge on any atom is -0.147 e. The molecular weight excluding hydrogens is 220 g/mol. The van der Waals surface area contributed by atoms with Gasteiger partial charge < -0.3 is 0 Å². The Kier molecular flexibility index (Phi) is 118. The molecule has 4 heteroatoms. The first-order chi connectivity index (χ1) is 1.00. The van der Waals surface area contributed by atoms with E-state index in [1.807, 2.05) is 0 Å². The van der Waals surface area contributed by atoms with Crippen LogP contribution in [0.3, 0.4) is 0 Å². The predicted octanol–water partition coefficient (Wildman–Crippen LogP) is 0.888. The number of hydrogen-bond donors (Lipinski definition) is 0. The zero-order chi connectivity index (χ0) is 2.00. The summed E-state index contributed by atoms with van der Waals surface area (Å²) in [5, 5.41) is 0. The van der Waals surface area contributed by atoms with E-state index in [0.717, 1.165) is 0 Å². The van der Waals surface area contributed by atoms with E-state index in [1.54, 1.807) is 0 Å². The van der Waals surface area contributed by atoms with Crippen LogP contribution in [0.25, 0.3) is 0 Å². The van der Waals surface area contributed by atoms with Gasteiger partial charge in [0.25, 0.3) is 0 Å². The summed E-state index contributed by atoms with van der Waals surface area (Å²) in [5.74, 6) is 0. The molecule has 0 aliphatic rings. The van der Waals surface area contributed by atoms with Gasteiger partial charge in [0.1, 0.15) is 0 Å². The van der Waals surface area contributed by atoms with Gasteiger partial charge in [-0.3, -0.25) is 0 Å². The van der Waals surface area contributed by atoms with Crippen molar-refractivity contribution in [3.63, 3.8) is 0 Å². The first-order valence-electron chi connectivity index (χ1n) is 0.289. The average molecular weight is 224 g/mol. The van der Waals surface area contributed by atoms with Crippen LogP contribution in [0.1, 0.15) is 0 Å². The standard InChI is InChI=1S/2BrH.H2SSi/c;;1-2/h2*1H;2H2. The van der Waals surface area contributed by atoms with Crippen LogP contribution in [0.5, 0.6) is 0 Å². The molecule has 0 unspecified atom stereocenters. The van der Waals surface area contributed by atoms with Crippen LogP contribution < -0.4 is 0 Å². The Balaban J connectivity index is -0.00000000500. The van der Waals surface area contributed by atoms with Gasteiger partial charge in [0, 0.05) is 0 Å². The molecule has 0 bridgehead atoms. The summed E-state index contributed by atoms with van der Waals surface area (Å²) in [6.45, 7) is 0. The molecule has 0 fully saturated rings. The average Bonchev–Trinajstić information content (AvgIpc) is 1.00. The second-order valence-corrected chi connectivity index (χ2v) is 0. The highest BCUT2D eigenvalue weighted by atomic mass is 79.9. The Morgan fingerprint density at radius 2 is 1.00 bits per heavy atom. The molecule has 0 aromatic carbocycles.